The lowest BCUT2D eigenvalue weighted by atomic mass is 10.1. The number of halogens is 4. The highest BCUT2D eigenvalue weighted by Crippen LogP contribution is 2.43. The molecule has 0 bridgehead atoms. The molecule has 10 nitrogen and oxygen atoms in total. The molecule has 290 valence electrons. The zero-order valence-corrected chi connectivity index (χ0v) is 31.5. The van der Waals surface area contributed by atoms with Gasteiger partial charge in [-0.25, -0.2) is 27.5 Å². The highest BCUT2D eigenvalue weighted by molar-refractivity contribution is 7.16. The minimum atomic E-state index is -1.31. The van der Waals surface area contributed by atoms with Crippen LogP contribution in [0.1, 0.15) is 20.4 Å². The van der Waals surface area contributed by atoms with Gasteiger partial charge < -0.3 is 36.1 Å². The molecule has 2 heterocycles. The maximum absolute atomic E-state index is 15.7. The number of nitrogens with zero attached hydrogens (tertiary/aromatic N) is 2. The maximum Gasteiger partial charge on any atom is 0.254 e. The Hall–Kier alpha value is -6.49. The van der Waals surface area contributed by atoms with E-state index in [9.17, 15) is 13.6 Å². The lowest BCUT2D eigenvalue weighted by Crippen LogP contribution is -2.16. The molecule has 57 heavy (non-hydrogen) atoms. The van der Waals surface area contributed by atoms with Gasteiger partial charge in [-0.05, 0) is 66.2 Å². The van der Waals surface area contributed by atoms with E-state index >= 15 is 8.78 Å². The second-order valence-electron chi connectivity index (χ2n) is 12.3. The van der Waals surface area contributed by atoms with Gasteiger partial charge in [0.05, 0.1) is 21.1 Å². The van der Waals surface area contributed by atoms with Crippen molar-refractivity contribution < 1.29 is 41.3 Å². The van der Waals surface area contributed by atoms with Gasteiger partial charge in [0.1, 0.15) is 46.2 Å². The number of amides is 1. The van der Waals surface area contributed by atoms with Crippen molar-refractivity contribution in [2.24, 2.45) is 5.73 Å². The number of hydrogen-bond donors (Lipinski definition) is 3. The molecule has 2 aromatic heterocycles. The lowest BCUT2D eigenvalue weighted by Gasteiger charge is -2.10. The summed E-state index contributed by atoms with van der Waals surface area (Å²) in [6.45, 7) is -0.461. The molecule has 1 amide bonds. The normalized spacial score (nSPS) is 11.1. The molecule has 5 aromatic carbocycles. The average molecular weight is 814 g/mol. The Labute approximate surface area is 331 Å². The third-order valence-corrected chi connectivity index (χ3v) is 10.6. The Kier molecular flexibility index (Phi) is 11.4. The van der Waals surface area contributed by atoms with Gasteiger partial charge in [0.25, 0.3) is 5.91 Å². The Morgan fingerprint density at radius 2 is 1.37 bits per heavy atom. The molecular weight excluding hydrogens is 783 g/mol. The fourth-order valence-electron chi connectivity index (χ4n) is 5.80. The van der Waals surface area contributed by atoms with Gasteiger partial charge >= 0.3 is 0 Å². The van der Waals surface area contributed by atoms with Crippen LogP contribution in [0.4, 0.5) is 28.9 Å². The fourth-order valence-corrected chi connectivity index (χ4v) is 7.83. The number of ether oxygens (including phenoxy) is 4. The second-order valence-corrected chi connectivity index (χ2v) is 14.5. The van der Waals surface area contributed by atoms with Crippen molar-refractivity contribution in [2.75, 3.05) is 25.4 Å². The summed E-state index contributed by atoms with van der Waals surface area (Å²) in [5.41, 5.74) is 20.2. The Bertz CT molecular complexity index is 2600. The van der Waals surface area contributed by atoms with Crippen molar-refractivity contribution in [3.05, 3.63) is 136 Å². The molecule has 0 aliphatic heterocycles. The summed E-state index contributed by atoms with van der Waals surface area (Å²) in [7, 11) is 1.53. The van der Waals surface area contributed by atoms with Crippen molar-refractivity contribution in [3.63, 3.8) is 0 Å². The van der Waals surface area contributed by atoms with Crippen LogP contribution in [0.15, 0.2) is 97.1 Å². The molecule has 0 spiro atoms. The lowest BCUT2D eigenvalue weighted by molar-refractivity contribution is 0.0511. The first-order valence-electron chi connectivity index (χ1n) is 17.0. The molecule has 0 aliphatic carbocycles. The molecule has 0 unspecified atom stereocenters. The molecule has 0 aliphatic rings. The van der Waals surface area contributed by atoms with Crippen LogP contribution < -0.4 is 31.4 Å². The van der Waals surface area contributed by atoms with Gasteiger partial charge in [-0.15, -0.1) is 22.7 Å². The van der Waals surface area contributed by atoms with Crippen molar-refractivity contribution in [1.82, 2.24) is 9.97 Å². The molecule has 7 rings (SSSR count). The summed E-state index contributed by atoms with van der Waals surface area (Å²) >= 11 is 2.38. The smallest absolute Gasteiger partial charge is 0.254 e. The van der Waals surface area contributed by atoms with Crippen LogP contribution in [0.5, 0.6) is 17.2 Å². The average Bonchev–Trinajstić information content (AvgIpc) is 3.82. The quantitative estimate of drug-likeness (QED) is 0.0553. The van der Waals surface area contributed by atoms with Gasteiger partial charge in [0.15, 0.2) is 29.9 Å². The molecule has 0 saturated carbocycles. The first-order valence-corrected chi connectivity index (χ1v) is 18.6. The van der Waals surface area contributed by atoms with Crippen LogP contribution >= 0.6 is 22.7 Å². The second kappa shape index (κ2) is 16.7. The van der Waals surface area contributed by atoms with Crippen LogP contribution in [0, 0.1) is 23.3 Å². The van der Waals surface area contributed by atoms with E-state index in [-0.39, 0.29) is 42.0 Å². The Balaban J connectivity index is 1.21. The summed E-state index contributed by atoms with van der Waals surface area (Å²) in [5.74, 6) is -5.76. The third-order valence-electron chi connectivity index (χ3n) is 8.45. The van der Waals surface area contributed by atoms with Crippen LogP contribution in [-0.2, 0) is 18.0 Å². The van der Waals surface area contributed by atoms with Crippen LogP contribution in [0.25, 0.3) is 43.4 Å². The van der Waals surface area contributed by atoms with E-state index in [1.54, 1.807) is 42.5 Å². The standard InChI is InChI=1S/C41H31F4N5O5S2/c1-52-20-55-24-11-9-21(10-12-24)37-40(25-7-2-3-8-30(25)47)57-33(49-37)19-54-32-16-26(28(43)17-29(32)44)38-39(22-5-4-6-23(46)15-22)56-34(50-38)18-53-31-14-13-27(42)35(36(31)45)41(48)51/h2-17H,18-20,46-47H2,1H3,(H2,48,51). The number of para-hydroxylation sites is 1. The Morgan fingerprint density at radius 1 is 0.667 bits per heavy atom. The zero-order valence-electron chi connectivity index (χ0n) is 29.9. The number of nitrogen functional groups attached to an aromatic ring is 2. The number of primary amides is 1. The summed E-state index contributed by atoms with van der Waals surface area (Å²) in [6, 6.07) is 25.1. The number of aromatic nitrogens is 2. The van der Waals surface area contributed by atoms with E-state index in [1.165, 1.54) is 24.5 Å². The summed E-state index contributed by atoms with van der Waals surface area (Å²) in [5, 5.41) is 0.716. The SMILES string of the molecule is COCOc1ccc(-c2nc(COc3cc(-c4nc(COc5ccc(F)c(C(N)=O)c5F)sc4-c4cccc(N)c4)c(F)cc3F)sc2-c2ccccc2N)cc1. The molecule has 6 N–H and O–H groups in total. The molecular formula is C41H31F4N5O5S2. The third kappa shape index (κ3) is 8.38. The fraction of sp³-hybridized carbons (Fsp3) is 0.0976. The van der Waals surface area contributed by atoms with Crippen molar-refractivity contribution in [1.29, 1.82) is 0 Å². The minimum Gasteiger partial charge on any atom is -0.483 e. The van der Waals surface area contributed by atoms with Crippen molar-refractivity contribution >= 4 is 40.0 Å². The predicted molar refractivity (Wildman–Crippen MR) is 211 cm³/mol. The van der Waals surface area contributed by atoms with Gasteiger partial charge in [-0.1, -0.05) is 30.3 Å². The highest BCUT2D eigenvalue weighted by atomic mass is 32.1. The Morgan fingerprint density at radius 3 is 2.07 bits per heavy atom. The number of hydrogen-bond acceptors (Lipinski definition) is 11. The van der Waals surface area contributed by atoms with E-state index < -0.39 is 40.5 Å². The van der Waals surface area contributed by atoms with Crippen molar-refractivity contribution in [2.45, 2.75) is 13.2 Å². The summed E-state index contributed by atoms with van der Waals surface area (Å²) < 4.78 is 82.2. The van der Waals surface area contributed by atoms with Gasteiger partial charge in [0.2, 0.25) is 0 Å². The van der Waals surface area contributed by atoms with E-state index in [1.807, 2.05) is 30.3 Å². The largest absolute Gasteiger partial charge is 0.483 e. The van der Waals surface area contributed by atoms with Crippen LogP contribution in [0.2, 0.25) is 0 Å². The molecule has 16 heteroatoms. The summed E-state index contributed by atoms with van der Waals surface area (Å²) in [6.07, 6.45) is 0. The molecule has 0 saturated heterocycles. The number of carbonyl (C=O) groups is 1. The van der Waals surface area contributed by atoms with E-state index in [0.29, 0.717) is 44.3 Å². The first-order chi connectivity index (χ1) is 27.5. The molecule has 7 aromatic rings. The van der Waals surface area contributed by atoms with Gasteiger partial charge in [-0.3, -0.25) is 4.79 Å². The number of benzene rings is 5. The monoisotopic (exact) mass is 813 g/mol. The first kappa shape index (κ1) is 38.8. The van der Waals surface area contributed by atoms with Crippen LogP contribution in [-0.4, -0.2) is 29.8 Å². The minimum absolute atomic E-state index is 0.0877. The number of carbonyl (C=O) groups excluding carboxylic acids is 1. The number of methoxy groups -OCH3 is 1. The van der Waals surface area contributed by atoms with E-state index in [2.05, 4.69) is 4.98 Å². The highest BCUT2D eigenvalue weighted by Gasteiger charge is 2.24. The van der Waals surface area contributed by atoms with Gasteiger partial charge in [0, 0.05) is 41.2 Å². The topological polar surface area (TPSA) is 158 Å². The van der Waals surface area contributed by atoms with Crippen molar-refractivity contribution in [3.8, 4) is 60.6 Å². The van der Waals surface area contributed by atoms with Crippen LogP contribution in [0.3, 0.4) is 0 Å². The molecule has 0 fully saturated rings. The van der Waals surface area contributed by atoms with E-state index in [4.69, 9.17) is 41.1 Å². The van der Waals surface area contributed by atoms with Gasteiger partial charge in [-0.2, -0.15) is 0 Å². The summed E-state index contributed by atoms with van der Waals surface area (Å²) in [4.78, 5) is 22.2. The zero-order chi connectivity index (χ0) is 40.2. The number of rotatable bonds is 14. The van der Waals surface area contributed by atoms with E-state index in [0.717, 1.165) is 39.5 Å². The molecule has 0 atom stereocenters. The number of nitrogens with two attached hydrogens (primary N) is 3. The molecule has 0 radical (unpaired) electrons. The number of thiazole rings is 2. The number of anilines is 2. The predicted octanol–water partition coefficient (Wildman–Crippen LogP) is 9.23. The maximum atomic E-state index is 15.7.